The van der Waals surface area contributed by atoms with Crippen LogP contribution in [0.5, 0.6) is 0 Å². The predicted octanol–water partition coefficient (Wildman–Crippen LogP) is 4.74. The molecule has 0 radical (unpaired) electrons. The minimum absolute atomic E-state index is 0.500. The first kappa shape index (κ1) is 19.6. The molecule has 15 heavy (non-hydrogen) atoms. The highest BCUT2D eigenvalue weighted by atomic mass is 19.3. The van der Waals surface area contributed by atoms with Crippen LogP contribution in [0.4, 0.5) is 13.2 Å². The van der Waals surface area contributed by atoms with E-state index in [1.54, 1.807) is 0 Å². The highest BCUT2D eigenvalue weighted by Gasteiger charge is 1.79. The molecular weight excluding hydrogens is 201 g/mol. The van der Waals surface area contributed by atoms with E-state index in [-0.39, 0.29) is 0 Å². The lowest BCUT2D eigenvalue weighted by atomic mass is 10.2. The van der Waals surface area contributed by atoms with E-state index in [2.05, 4.69) is 31.2 Å². The van der Waals surface area contributed by atoms with Crippen LogP contribution in [-0.4, -0.2) is 14.1 Å². The quantitative estimate of drug-likeness (QED) is 0.643. The van der Waals surface area contributed by atoms with Gasteiger partial charge >= 0.3 is 0 Å². The summed E-state index contributed by atoms with van der Waals surface area (Å²) in [6.07, 6.45) is 1.14. The van der Waals surface area contributed by atoms with Crippen LogP contribution >= 0.6 is 0 Å². The van der Waals surface area contributed by atoms with Gasteiger partial charge in [-0.05, 0) is 12.0 Å². The Morgan fingerprint density at radius 2 is 1.27 bits per heavy atom. The normalized spacial score (nSPS) is 6.87. The van der Waals surface area contributed by atoms with E-state index in [1.807, 2.05) is 19.9 Å². The summed E-state index contributed by atoms with van der Waals surface area (Å²) in [5, 5.41) is 0. The number of rotatable bonds is 1. The Morgan fingerprint density at radius 3 is 1.47 bits per heavy atom. The van der Waals surface area contributed by atoms with Crippen molar-refractivity contribution in [2.75, 3.05) is 14.1 Å². The van der Waals surface area contributed by atoms with Gasteiger partial charge in [-0.1, -0.05) is 51.1 Å². The van der Waals surface area contributed by atoms with Crippen LogP contribution in [0.1, 0.15) is 26.3 Å². The lowest BCUT2D eigenvalue weighted by Crippen LogP contribution is -1.73. The first-order chi connectivity index (χ1) is 7.35. The van der Waals surface area contributed by atoms with Gasteiger partial charge in [-0.2, -0.15) is 0 Å². The molecule has 0 amide bonds. The summed E-state index contributed by atoms with van der Waals surface area (Å²) in [4.78, 5) is 0. The standard InChI is InChI=1S/C8H10.C2H6.CH2F2.CH3F/c1-2-8-6-4-3-5-7-8;1-2;2-1-3;1-2/h3-7H,2H2,1H3;1-2H3;1H2;1H3. The summed E-state index contributed by atoms with van der Waals surface area (Å²) in [6.45, 7) is 4.41. The largest absolute Gasteiger partial charge is 0.255 e. The molecule has 0 aliphatic heterocycles. The molecule has 3 heteroatoms. The highest BCUT2D eigenvalue weighted by molar-refractivity contribution is 5.13. The molecule has 0 aromatic heterocycles. The lowest BCUT2D eigenvalue weighted by Gasteiger charge is -1.89. The molecule has 0 aliphatic rings. The topological polar surface area (TPSA) is 0 Å². The van der Waals surface area contributed by atoms with E-state index in [0.717, 1.165) is 6.42 Å². The van der Waals surface area contributed by atoms with Crippen molar-refractivity contribution in [1.29, 1.82) is 0 Å². The first-order valence-electron chi connectivity index (χ1n) is 4.88. The number of benzene rings is 1. The zero-order valence-electron chi connectivity index (χ0n) is 9.93. The fraction of sp³-hybridized carbons (Fsp3) is 0.500. The maximum absolute atomic E-state index is 9.62. The Labute approximate surface area is 91.1 Å². The summed E-state index contributed by atoms with van der Waals surface area (Å²) in [5.74, 6) is 0. The molecule has 0 aliphatic carbocycles. The molecule has 90 valence electrons. The van der Waals surface area contributed by atoms with Crippen LogP contribution in [0.15, 0.2) is 30.3 Å². The van der Waals surface area contributed by atoms with Gasteiger partial charge in [0.1, 0.15) is 0 Å². The number of aryl methyl sites for hydroxylation is 1. The van der Waals surface area contributed by atoms with Crippen molar-refractivity contribution in [1.82, 2.24) is 0 Å². The highest BCUT2D eigenvalue weighted by Crippen LogP contribution is 1.96. The van der Waals surface area contributed by atoms with Crippen LogP contribution in [-0.2, 0) is 6.42 Å². The zero-order chi connectivity index (χ0) is 12.5. The second-order valence-electron chi connectivity index (χ2n) is 1.94. The molecule has 0 spiro atoms. The van der Waals surface area contributed by atoms with Crippen molar-refractivity contribution in [2.24, 2.45) is 0 Å². The Hall–Kier alpha value is -0.990. The Bertz CT molecular complexity index is 164. The smallest absolute Gasteiger partial charge is 0.229 e. The van der Waals surface area contributed by atoms with Crippen molar-refractivity contribution in [3.63, 3.8) is 0 Å². The van der Waals surface area contributed by atoms with Gasteiger partial charge in [-0.15, -0.1) is 0 Å². The van der Waals surface area contributed by atoms with E-state index < -0.39 is 6.93 Å². The van der Waals surface area contributed by atoms with Gasteiger partial charge in [0, 0.05) is 0 Å². The zero-order valence-corrected chi connectivity index (χ0v) is 9.93. The Kier molecular flexibility index (Phi) is 30.1. The summed E-state index contributed by atoms with van der Waals surface area (Å²) >= 11 is 0. The van der Waals surface area contributed by atoms with Crippen molar-refractivity contribution in [3.05, 3.63) is 35.9 Å². The number of halogens is 3. The van der Waals surface area contributed by atoms with Crippen molar-refractivity contribution in [3.8, 4) is 0 Å². The predicted molar refractivity (Wildman–Crippen MR) is 61.3 cm³/mol. The van der Waals surface area contributed by atoms with E-state index in [9.17, 15) is 13.2 Å². The third-order valence-corrected chi connectivity index (χ3v) is 1.25. The molecule has 0 fully saturated rings. The van der Waals surface area contributed by atoms with Crippen LogP contribution in [0.25, 0.3) is 0 Å². The summed E-state index contributed by atoms with van der Waals surface area (Å²) in [6, 6.07) is 10.5. The molecule has 1 rings (SSSR count). The van der Waals surface area contributed by atoms with Crippen molar-refractivity contribution >= 4 is 0 Å². The summed E-state index contributed by atoms with van der Waals surface area (Å²) in [7, 11) is 0.500. The molecule has 0 atom stereocenters. The fourth-order valence-corrected chi connectivity index (χ4v) is 0.714. The van der Waals surface area contributed by atoms with Crippen molar-refractivity contribution < 1.29 is 13.2 Å². The molecule has 0 unspecified atom stereocenters. The van der Waals surface area contributed by atoms with Gasteiger partial charge in [0.2, 0.25) is 6.93 Å². The number of alkyl halides is 3. The molecular formula is C12H21F3. The second-order valence-corrected chi connectivity index (χ2v) is 1.94. The van der Waals surface area contributed by atoms with Gasteiger partial charge in [0.25, 0.3) is 0 Å². The summed E-state index contributed by atoms with van der Waals surface area (Å²) in [5.41, 5.74) is 1.41. The van der Waals surface area contributed by atoms with Crippen molar-refractivity contribution in [2.45, 2.75) is 27.2 Å². The minimum Gasteiger partial charge on any atom is -0.255 e. The average Bonchev–Trinajstić information content (AvgIpc) is 2.36. The van der Waals surface area contributed by atoms with Gasteiger partial charge in [0.05, 0.1) is 7.18 Å². The molecule has 0 heterocycles. The average molecular weight is 222 g/mol. The van der Waals surface area contributed by atoms with E-state index in [4.69, 9.17) is 0 Å². The number of hydrogen-bond acceptors (Lipinski definition) is 0. The molecule has 1 aromatic rings. The Morgan fingerprint density at radius 1 is 0.933 bits per heavy atom. The van der Waals surface area contributed by atoms with Gasteiger partial charge < -0.3 is 0 Å². The number of hydrogen-bond donors (Lipinski definition) is 0. The van der Waals surface area contributed by atoms with E-state index in [0.29, 0.717) is 7.18 Å². The maximum atomic E-state index is 9.62. The molecule has 0 saturated heterocycles. The molecule has 1 aromatic carbocycles. The van der Waals surface area contributed by atoms with E-state index >= 15 is 0 Å². The fourth-order valence-electron chi connectivity index (χ4n) is 0.714. The molecule has 0 bridgehead atoms. The summed E-state index contributed by atoms with van der Waals surface area (Å²) < 4.78 is 28.8. The molecule has 0 N–H and O–H groups in total. The molecule has 0 nitrogen and oxygen atoms in total. The van der Waals surface area contributed by atoms with Gasteiger partial charge in [-0.25, -0.2) is 8.78 Å². The third kappa shape index (κ3) is 19.4. The first-order valence-corrected chi connectivity index (χ1v) is 4.88. The van der Waals surface area contributed by atoms with Crippen LogP contribution in [0.2, 0.25) is 0 Å². The Balaban J connectivity index is -0.000000176. The van der Waals surface area contributed by atoms with E-state index in [1.165, 1.54) is 5.56 Å². The van der Waals surface area contributed by atoms with Gasteiger partial charge in [0.15, 0.2) is 0 Å². The SMILES string of the molecule is CC.CCc1ccccc1.CF.FCF. The third-order valence-electron chi connectivity index (χ3n) is 1.25. The van der Waals surface area contributed by atoms with Gasteiger partial charge in [-0.3, -0.25) is 4.39 Å². The maximum Gasteiger partial charge on any atom is 0.229 e. The monoisotopic (exact) mass is 222 g/mol. The minimum atomic E-state index is -1.75. The van der Waals surface area contributed by atoms with Crippen LogP contribution in [0.3, 0.4) is 0 Å². The lowest BCUT2D eigenvalue weighted by molar-refractivity contribution is 0.295. The van der Waals surface area contributed by atoms with Crippen LogP contribution < -0.4 is 0 Å². The van der Waals surface area contributed by atoms with Crippen LogP contribution in [0, 0.1) is 0 Å². The second kappa shape index (κ2) is 23.1. The molecule has 0 saturated carbocycles.